The lowest BCUT2D eigenvalue weighted by atomic mass is 9.92. The first-order chi connectivity index (χ1) is 7.84. The predicted molar refractivity (Wildman–Crippen MR) is 66.8 cm³/mol. The molecule has 0 bridgehead atoms. The second-order valence-electron chi connectivity index (χ2n) is 3.60. The Morgan fingerprint density at radius 1 is 1.47 bits per heavy atom. The van der Waals surface area contributed by atoms with Crippen LogP contribution in [0.25, 0.3) is 0 Å². The van der Waals surface area contributed by atoms with Gasteiger partial charge in [0.05, 0.1) is 13.0 Å². The number of esters is 1. The zero-order valence-corrected chi connectivity index (χ0v) is 11.4. The summed E-state index contributed by atoms with van der Waals surface area (Å²) in [5, 5.41) is 7.43. The molecule has 2 atom stereocenters. The van der Waals surface area contributed by atoms with Crippen LogP contribution in [0.15, 0.2) is 12.2 Å². The molecule has 17 heavy (non-hydrogen) atoms. The van der Waals surface area contributed by atoms with E-state index in [2.05, 4.69) is 4.74 Å². The van der Waals surface area contributed by atoms with Crippen LogP contribution in [-0.4, -0.2) is 28.9 Å². The average molecular weight is 301 g/mol. The molecular formula is C10H12Cl3NO3. The normalized spacial score (nSPS) is 24.2. The molecule has 0 heterocycles. The van der Waals surface area contributed by atoms with Crippen LogP contribution in [0.4, 0.5) is 0 Å². The van der Waals surface area contributed by atoms with Gasteiger partial charge in [0, 0.05) is 6.42 Å². The van der Waals surface area contributed by atoms with Crippen LogP contribution in [0, 0.1) is 11.3 Å². The van der Waals surface area contributed by atoms with Gasteiger partial charge in [-0.15, -0.1) is 0 Å². The summed E-state index contributed by atoms with van der Waals surface area (Å²) < 4.78 is 7.94. The first kappa shape index (κ1) is 14.6. The second kappa shape index (κ2) is 5.94. The van der Waals surface area contributed by atoms with Gasteiger partial charge in [0.15, 0.2) is 0 Å². The third-order valence-corrected chi connectivity index (χ3v) is 2.86. The van der Waals surface area contributed by atoms with Crippen molar-refractivity contribution in [1.29, 1.82) is 5.41 Å². The maximum atomic E-state index is 11.4. The van der Waals surface area contributed by atoms with Gasteiger partial charge in [0.25, 0.3) is 3.79 Å². The van der Waals surface area contributed by atoms with Crippen molar-refractivity contribution in [1.82, 2.24) is 0 Å². The molecule has 7 heteroatoms. The summed E-state index contributed by atoms with van der Waals surface area (Å²) >= 11 is 16.5. The van der Waals surface area contributed by atoms with Crippen LogP contribution >= 0.6 is 34.8 Å². The van der Waals surface area contributed by atoms with Gasteiger partial charge in [-0.25, -0.2) is 0 Å². The molecule has 1 rings (SSSR count). The smallest absolute Gasteiger partial charge is 0.309 e. The van der Waals surface area contributed by atoms with Gasteiger partial charge in [-0.2, -0.15) is 0 Å². The van der Waals surface area contributed by atoms with Crippen molar-refractivity contribution in [3.8, 4) is 0 Å². The van der Waals surface area contributed by atoms with E-state index in [1.54, 1.807) is 12.2 Å². The predicted octanol–water partition coefficient (Wildman–Crippen LogP) is 2.86. The summed E-state index contributed by atoms with van der Waals surface area (Å²) in [4.78, 5) is 11.4. The van der Waals surface area contributed by atoms with E-state index in [1.807, 2.05) is 0 Å². The number of methoxy groups -OCH3 is 1. The molecule has 0 fully saturated rings. The quantitative estimate of drug-likeness (QED) is 0.280. The Morgan fingerprint density at radius 3 is 2.65 bits per heavy atom. The van der Waals surface area contributed by atoms with E-state index in [4.69, 9.17) is 44.9 Å². The molecule has 0 aromatic rings. The highest BCUT2D eigenvalue weighted by Gasteiger charge is 2.33. The van der Waals surface area contributed by atoms with Crippen LogP contribution in [0.1, 0.15) is 12.8 Å². The van der Waals surface area contributed by atoms with E-state index in [0.29, 0.717) is 12.8 Å². The van der Waals surface area contributed by atoms with Gasteiger partial charge < -0.3 is 9.47 Å². The lowest BCUT2D eigenvalue weighted by Gasteiger charge is -2.25. The van der Waals surface area contributed by atoms with Gasteiger partial charge in [0.1, 0.15) is 6.10 Å². The molecular weight excluding hydrogens is 288 g/mol. The van der Waals surface area contributed by atoms with Gasteiger partial charge in [-0.05, 0) is 12.5 Å². The number of halogens is 3. The summed E-state index contributed by atoms with van der Waals surface area (Å²) in [7, 11) is 1.33. The molecule has 1 aliphatic carbocycles. The minimum atomic E-state index is -1.88. The maximum absolute atomic E-state index is 11.4. The van der Waals surface area contributed by atoms with Crippen molar-refractivity contribution >= 4 is 46.7 Å². The first-order valence-corrected chi connectivity index (χ1v) is 6.05. The Balaban J connectivity index is 2.57. The Morgan fingerprint density at radius 2 is 2.12 bits per heavy atom. The number of carbonyl (C=O) groups is 1. The summed E-state index contributed by atoms with van der Waals surface area (Å²) in [6.07, 6.45) is 4.09. The SMILES string of the molecule is COC(=O)[C@H]1CC=C[C@@H](OC(=N)C(Cl)(Cl)Cl)C1. The molecule has 1 aliphatic rings. The number of allylic oxidation sites excluding steroid dienone is 1. The van der Waals surface area contributed by atoms with Crippen molar-refractivity contribution in [2.75, 3.05) is 7.11 Å². The zero-order valence-electron chi connectivity index (χ0n) is 9.08. The van der Waals surface area contributed by atoms with E-state index in [1.165, 1.54) is 7.11 Å². The fourth-order valence-electron chi connectivity index (χ4n) is 1.51. The minimum absolute atomic E-state index is 0.279. The number of nitrogens with one attached hydrogen (secondary N) is 1. The minimum Gasteiger partial charge on any atom is -0.470 e. The van der Waals surface area contributed by atoms with Crippen molar-refractivity contribution < 1.29 is 14.3 Å². The van der Waals surface area contributed by atoms with Crippen molar-refractivity contribution in [3.05, 3.63) is 12.2 Å². The Bertz CT molecular complexity index is 338. The molecule has 0 unspecified atom stereocenters. The summed E-state index contributed by atoms with van der Waals surface area (Å²) in [6.45, 7) is 0. The molecule has 0 aliphatic heterocycles. The number of carbonyl (C=O) groups excluding carboxylic acids is 1. The molecule has 0 aromatic heterocycles. The monoisotopic (exact) mass is 299 g/mol. The van der Waals surface area contributed by atoms with Gasteiger partial charge in [-0.3, -0.25) is 10.2 Å². The number of hydrogen-bond acceptors (Lipinski definition) is 4. The highest BCUT2D eigenvalue weighted by Crippen LogP contribution is 2.30. The Labute approximate surface area is 114 Å². The molecule has 0 amide bonds. The summed E-state index contributed by atoms with van der Waals surface area (Å²) in [5.74, 6) is -1.04. The molecule has 0 aromatic carbocycles. The third-order valence-electron chi connectivity index (χ3n) is 2.35. The Hall–Kier alpha value is -0.450. The Kier molecular flexibility index (Phi) is 5.10. The first-order valence-electron chi connectivity index (χ1n) is 4.91. The molecule has 0 radical (unpaired) electrons. The third kappa shape index (κ3) is 4.37. The number of ether oxygens (including phenoxy) is 2. The lowest BCUT2D eigenvalue weighted by Crippen LogP contribution is -2.31. The molecule has 1 N–H and O–H groups in total. The van der Waals surface area contributed by atoms with Crippen molar-refractivity contribution in [3.63, 3.8) is 0 Å². The largest absolute Gasteiger partial charge is 0.470 e. The summed E-state index contributed by atoms with van der Waals surface area (Å²) in [6, 6.07) is 0. The number of rotatable bonds is 2. The van der Waals surface area contributed by atoms with E-state index >= 15 is 0 Å². The van der Waals surface area contributed by atoms with Gasteiger partial charge in [-0.1, -0.05) is 40.9 Å². The van der Waals surface area contributed by atoms with Gasteiger partial charge in [0.2, 0.25) is 5.90 Å². The van der Waals surface area contributed by atoms with Crippen molar-refractivity contribution in [2.24, 2.45) is 5.92 Å². The topological polar surface area (TPSA) is 59.4 Å². The fraction of sp³-hybridized carbons (Fsp3) is 0.600. The van der Waals surface area contributed by atoms with Crippen molar-refractivity contribution in [2.45, 2.75) is 22.7 Å². The van der Waals surface area contributed by atoms with Crippen LogP contribution in [0.5, 0.6) is 0 Å². The highest BCUT2D eigenvalue weighted by molar-refractivity contribution is 6.76. The van der Waals surface area contributed by atoms with Crippen LogP contribution in [0.3, 0.4) is 0 Å². The fourth-order valence-corrected chi connectivity index (χ4v) is 1.65. The molecule has 0 saturated carbocycles. The maximum Gasteiger partial charge on any atom is 0.309 e. The number of alkyl halides is 3. The van der Waals surface area contributed by atoms with E-state index in [-0.39, 0.29) is 11.9 Å². The molecule has 0 saturated heterocycles. The lowest BCUT2D eigenvalue weighted by molar-refractivity contribution is -0.146. The van der Waals surface area contributed by atoms with E-state index in [0.717, 1.165) is 0 Å². The van der Waals surface area contributed by atoms with Gasteiger partial charge >= 0.3 is 5.97 Å². The van der Waals surface area contributed by atoms with E-state index in [9.17, 15) is 4.79 Å². The van der Waals surface area contributed by atoms with Crippen LogP contribution in [-0.2, 0) is 14.3 Å². The molecule has 4 nitrogen and oxygen atoms in total. The highest BCUT2D eigenvalue weighted by atomic mass is 35.6. The zero-order chi connectivity index (χ0) is 13.1. The summed E-state index contributed by atoms with van der Waals surface area (Å²) in [5.41, 5.74) is 0. The number of hydrogen-bond donors (Lipinski definition) is 1. The molecule has 96 valence electrons. The average Bonchev–Trinajstić information content (AvgIpc) is 2.27. The van der Waals surface area contributed by atoms with Crippen LogP contribution in [0.2, 0.25) is 0 Å². The van der Waals surface area contributed by atoms with E-state index < -0.39 is 15.8 Å². The van der Waals surface area contributed by atoms with Crippen LogP contribution < -0.4 is 0 Å². The molecule has 0 spiro atoms. The standard InChI is InChI=1S/C10H12Cl3NO3/c1-16-8(15)6-3-2-4-7(5-6)17-9(14)10(11,12)13/h2,4,6-7,14H,3,5H2,1H3/t6-,7+/m0/s1. The second-order valence-corrected chi connectivity index (χ2v) is 5.88.